The first-order valence-electron chi connectivity index (χ1n) is 9.75. The van der Waals surface area contributed by atoms with Crippen molar-refractivity contribution in [2.45, 2.75) is 84.2 Å². The van der Waals surface area contributed by atoms with Gasteiger partial charge < -0.3 is 14.6 Å². The van der Waals surface area contributed by atoms with Crippen molar-refractivity contribution in [2.75, 3.05) is 13.2 Å². The largest absolute Gasteiger partial charge is 0.493 e. The number of halogens is 2. The van der Waals surface area contributed by atoms with Gasteiger partial charge in [-0.1, -0.05) is 44.9 Å². The van der Waals surface area contributed by atoms with E-state index in [0.29, 0.717) is 19.0 Å². The van der Waals surface area contributed by atoms with Crippen LogP contribution in [0.4, 0.5) is 8.78 Å². The number of ether oxygens (including phenoxy) is 2. The Labute approximate surface area is 156 Å². The molecule has 3 nitrogen and oxygen atoms in total. The highest BCUT2D eigenvalue weighted by molar-refractivity contribution is 5.36. The highest BCUT2D eigenvalue weighted by Crippen LogP contribution is 2.29. The molecule has 0 aromatic heterocycles. The topological polar surface area (TPSA) is 38.7 Å². The predicted octanol–water partition coefficient (Wildman–Crippen LogP) is 6.02. The normalized spacial score (nSPS) is 11.6. The molecule has 0 spiro atoms. The molecule has 0 heterocycles. The molecule has 0 saturated heterocycles. The fourth-order valence-electron chi connectivity index (χ4n) is 2.67. The maximum absolute atomic E-state index is 13.8. The standard InChI is InChI=1S/C21H34F2O3/c1-21(2,3)26-19-16-17(15-18(22)20(19)23)25-14-12-10-8-6-4-5-7-9-11-13-24/h15-16,24H,4-14H2,1-3H3. The summed E-state index contributed by atoms with van der Waals surface area (Å²) in [5.41, 5.74) is -0.607. The van der Waals surface area contributed by atoms with Gasteiger partial charge in [0.15, 0.2) is 11.6 Å². The van der Waals surface area contributed by atoms with E-state index in [9.17, 15) is 8.78 Å². The number of aliphatic hydroxyl groups is 1. The summed E-state index contributed by atoms with van der Waals surface area (Å²) in [6.07, 6.45) is 9.96. The van der Waals surface area contributed by atoms with E-state index in [2.05, 4.69) is 0 Å². The Hall–Kier alpha value is -1.36. The van der Waals surface area contributed by atoms with E-state index in [1.807, 2.05) is 0 Å². The Morgan fingerprint density at radius 3 is 1.92 bits per heavy atom. The molecule has 1 N–H and O–H groups in total. The van der Waals surface area contributed by atoms with Gasteiger partial charge >= 0.3 is 0 Å². The fourth-order valence-corrected chi connectivity index (χ4v) is 2.67. The van der Waals surface area contributed by atoms with Crippen LogP contribution in [-0.4, -0.2) is 23.9 Å². The van der Waals surface area contributed by atoms with Crippen LogP contribution in [0.5, 0.6) is 11.5 Å². The van der Waals surface area contributed by atoms with Crippen molar-refractivity contribution in [1.29, 1.82) is 0 Å². The lowest BCUT2D eigenvalue weighted by Crippen LogP contribution is -2.23. The molecule has 0 atom stereocenters. The van der Waals surface area contributed by atoms with Gasteiger partial charge in [-0.05, 0) is 33.6 Å². The van der Waals surface area contributed by atoms with Crippen LogP contribution >= 0.6 is 0 Å². The Morgan fingerprint density at radius 1 is 0.846 bits per heavy atom. The van der Waals surface area contributed by atoms with Crippen molar-refractivity contribution in [1.82, 2.24) is 0 Å². The quantitative estimate of drug-likeness (QED) is 0.430. The summed E-state index contributed by atoms with van der Waals surface area (Å²) >= 11 is 0. The molecule has 0 aliphatic rings. The van der Waals surface area contributed by atoms with Crippen LogP contribution in [-0.2, 0) is 0 Å². The van der Waals surface area contributed by atoms with E-state index in [-0.39, 0.29) is 5.75 Å². The number of hydrogen-bond acceptors (Lipinski definition) is 3. The number of aliphatic hydroxyl groups excluding tert-OH is 1. The van der Waals surface area contributed by atoms with Crippen LogP contribution < -0.4 is 9.47 Å². The van der Waals surface area contributed by atoms with E-state index in [0.717, 1.165) is 38.2 Å². The summed E-state index contributed by atoms with van der Waals surface area (Å²) < 4.78 is 38.5. The van der Waals surface area contributed by atoms with E-state index in [4.69, 9.17) is 14.6 Å². The van der Waals surface area contributed by atoms with Gasteiger partial charge in [-0.3, -0.25) is 0 Å². The van der Waals surface area contributed by atoms with Gasteiger partial charge in [-0.25, -0.2) is 4.39 Å². The zero-order valence-corrected chi connectivity index (χ0v) is 16.5. The summed E-state index contributed by atoms with van der Waals surface area (Å²) in [6.45, 7) is 6.12. The van der Waals surface area contributed by atoms with Gasteiger partial charge in [0, 0.05) is 18.7 Å². The molecule has 0 radical (unpaired) electrons. The zero-order chi connectivity index (χ0) is 19.4. The highest BCUT2D eigenvalue weighted by Gasteiger charge is 2.19. The zero-order valence-electron chi connectivity index (χ0n) is 16.5. The fraction of sp³-hybridized carbons (Fsp3) is 0.714. The number of unbranched alkanes of at least 4 members (excludes halogenated alkanes) is 8. The van der Waals surface area contributed by atoms with E-state index in [1.165, 1.54) is 31.7 Å². The molecule has 0 saturated carbocycles. The smallest absolute Gasteiger partial charge is 0.200 e. The summed E-state index contributed by atoms with van der Waals surface area (Å²) in [6, 6.07) is 2.48. The lowest BCUT2D eigenvalue weighted by atomic mass is 10.1. The first-order valence-corrected chi connectivity index (χ1v) is 9.75. The summed E-state index contributed by atoms with van der Waals surface area (Å²) in [5, 5.41) is 8.71. The minimum atomic E-state index is -0.980. The molecular formula is C21H34F2O3. The first-order chi connectivity index (χ1) is 12.3. The molecule has 0 unspecified atom stereocenters. The molecule has 26 heavy (non-hydrogen) atoms. The molecule has 1 aromatic rings. The summed E-state index contributed by atoms with van der Waals surface area (Å²) in [5.74, 6) is -1.75. The Balaban J connectivity index is 2.23. The molecule has 0 amide bonds. The molecule has 150 valence electrons. The van der Waals surface area contributed by atoms with Crippen molar-refractivity contribution in [2.24, 2.45) is 0 Å². The van der Waals surface area contributed by atoms with Crippen LogP contribution in [0.1, 0.15) is 78.6 Å². The Kier molecular flexibility index (Phi) is 10.6. The highest BCUT2D eigenvalue weighted by atomic mass is 19.2. The lowest BCUT2D eigenvalue weighted by Gasteiger charge is -2.22. The third kappa shape index (κ3) is 9.95. The van der Waals surface area contributed by atoms with Gasteiger partial charge in [0.25, 0.3) is 0 Å². The third-order valence-corrected chi connectivity index (χ3v) is 3.96. The predicted molar refractivity (Wildman–Crippen MR) is 101 cm³/mol. The van der Waals surface area contributed by atoms with Gasteiger partial charge in [0.2, 0.25) is 5.82 Å². The van der Waals surface area contributed by atoms with Crippen LogP contribution in [0.2, 0.25) is 0 Å². The number of hydrogen-bond donors (Lipinski definition) is 1. The Morgan fingerprint density at radius 2 is 1.38 bits per heavy atom. The second kappa shape index (κ2) is 12.1. The minimum Gasteiger partial charge on any atom is -0.493 e. The van der Waals surface area contributed by atoms with Crippen LogP contribution in [0.15, 0.2) is 12.1 Å². The van der Waals surface area contributed by atoms with E-state index < -0.39 is 17.2 Å². The molecule has 0 bridgehead atoms. The van der Waals surface area contributed by atoms with Crippen LogP contribution in [0, 0.1) is 11.6 Å². The summed E-state index contributed by atoms with van der Waals surface area (Å²) in [7, 11) is 0. The second-order valence-corrected chi connectivity index (χ2v) is 7.69. The van der Waals surface area contributed by atoms with Gasteiger partial charge in [0.1, 0.15) is 11.4 Å². The molecule has 0 aliphatic heterocycles. The maximum Gasteiger partial charge on any atom is 0.200 e. The SMILES string of the molecule is CC(C)(C)Oc1cc(OCCCCCCCCCCCO)cc(F)c1F. The molecule has 5 heteroatoms. The van der Waals surface area contributed by atoms with Crippen molar-refractivity contribution in [3.8, 4) is 11.5 Å². The average molecular weight is 372 g/mol. The van der Waals surface area contributed by atoms with Crippen molar-refractivity contribution in [3.05, 3.63) is 23.8 Å². The van der Waals surface area contributed by atoms with Crippen molar-refractivity contribution < 1.29 is 23.4 Å². The molecule has 0 fully saturated rings. The molecule has 1 aromatic carbocycles. The average Bonchev–Trinajstić information content (AvgIpc) is 2.55. The van der Waals surface area contributed by atoms with Crippen LogP contribution in [0.3, 0.4) is 0 Å². The molecule has 1 rings (SSSR count). The summed E-state index contributed by atoms with van der Waals surface area (Å²) in [4.78, 5) is 0. The monoisotopic (exact) mass is 372 g/mol. The van der Waals surface area contributed by atoms with Crippen molar-refractivity contribution in [3.63, 3.8) is 0 Å². The molecular weight excluding hydrogens is 338 g/mol. The number of rotatable bonds is 13. The second-order valence-electron chi connectivity index (χ2n) is 7.69. The lowest BCUT2D eigenvalue weighted by molar-refractivity contribution is 0.122. The van der Waals surface area contributed by atoms with Crippen LogP contribution in [0.25, 0.3) is 0 Å². The van der Waals surface area contributed by atoms with Gasteiger partial charge in [-0.2, -0.15) is 4.39 Å². The van der Waals surface area contributed by atoms with E-state index >= 15 is 0 Å². The maximum atomic E-state index is 13.8. The van der Waals surface area contributed by atoms with Gasteiger partial charge in [-0.15, -0.1) is 0 Å². The first kappa shape index (κ1) is 22.7. The third-order valence-electron chi connectivity index (χ3n) is 3.96. The minimum absolute atomic E-state index is 0.117. The van der Waals surface area contributed by atoms with Crippen molar-refractivity contribution >= 4 is 0 Å². The molecule has 0 aliphatic carbocycles. The van der Waals surface area contributed by atoms with Gasteiger partial charge in [0.05, 0.1) is 6.61 Å². The van der Waals surface area contributed by atoms with E-state index in [1.54, 1.807) is 20.8 Å². The Bertz CT molecular complexity index is 513. The number of benzene rings is 1.